The number of carbonyl (C=O) groups is 1. The van der Waals surface area contributed by atoms with E-state index < -0.39 is 0 Å². The van der Waals surface area contributed by atoms with E-state index in [9.17, 15) is 4.79 Å². The summed E-state index contributed by atoms with van der Waals surface area (Å²) in [5.74, 6) is -0.234. The Morgan fingerprint density at radius 2 is 2.12 bits per heavy atom. The summed E-state index contributed by atoms with van der Waals surface area (Å²) in [6.07, 6.45) is 6.09. The maximum Gasteiger partial charge on any atom is 0.257 e. The lowest BCUT2D eigenvalue weighted by Gasteiger charge is -2.03. The van der Waals surface area contributed by atoms with Gasteiger partial charge >= 0.3 is 0 Å². The number of amides is 1. The SMILES string of the molecule is O=C(Nc1ccnnc1)c1cncc(Br)c1. The molecule has 80 valence electrons. The molecule has 0 bridgehead atoms. The molecule has 0 saturated carbocycles. The maximum atomic E-state index is 11.7. The van der Waals surface area contributed by atoms with Crippen molar-refractivity contribution < 1.29 is 4.79 Å². The minimum Gasteiger partial charge on any atom is -0.320 e. The van der Waals surface area contributed by atoms with Gasteiger partial charge in [-0.3, -0.25) is 9.78 Å². The lowest BCUT2D eigenvalue weighted by molar-refractivity contribution is 0.102. The van der Waals surface area contributed by atoms with Crippen LogP contribution in [0.15, 0.2) is 41.4 Å². The zero-order valence-corrected chi connectivity index (χ0v) is 9.68. The average molecular weight is 279 g/mol. The Morgan fingerprint density at radius 1 is 1.25 bits per heavy atom. The van der Waals surface area contributed by atoms with Crippen LogP contribution in [0.25, 0.3) is 0 Å². The van der Waals surface area contributed by atoms with Crippen LogP contribution in [0.5, 0.6) is 0 Å². The van der Waals surface area contributed by atoms with Crippen LogP contribution in [0, 0.1) is 0 Å². The predicted molar refractivity (Wildman–Crippen MR) is 61.9 cm³/mol. The lowest BCUT2D eigenvalue weighted by atomic mass is 10.2. The number of carbonyl (C=O) groups excluding carboxylic acids is 1. The van der Waals surface area contributed by atoms with Gasteiger partial charge in [-0.25, -0.2) is 0 Å². The summed E-state index contributed by atoms with van der Waals surface area (Å²) in [4.78, 5) is 15.7. The molecule has 1 N–H and O–H groups in total. The van der Waals surface area contributed by atoms with Crippen molar-refractivity contribution in [1.29, 1.82) is 0 Å². The van der Waals surface area contributed by atoms with E-state index >= 15 is 0 Å². The first-order valence-electron chi connectivity index (χ1n) is 4.44. The van der Waals surface area contributed by atoms with E-state index in [-0.39, 0.29) is 5.91 Å². The molecular formula is C10H7BrN4O. The molecule has 0 spiro atoms. The summed E-state index contributed by atoms with van der Waals surface area (Å²) in [5, 5.41) is 9.96. The Bertz CT molecular complexity index is 503. The Morgan fingerprint density at radius 3 is 2.81 bits per heavy atom. The summed E-state index contributed by atoms with van der Waals surface area (Å²) in [6.45, 7) is 0. The first-order chi connectivity index (χ1) is 7.75. The topological polar surface area (TPSA) is 67.8 Å². The van der Waals surface area contributed by atoms with E-state index in [1.165, 1.54) is 18.6 Å². The Kier molecular flexibility index (Phi) is 3.21. The van der Waals surface area contributed by atoms with Gasteiger partial charge in [0.05, 0.1) is 23.6 Å². The summed E-state index contributed by atoms with van der Waals surface area (Å²) >= 11 is 3.25. The summed E-state index contributed by atoms with van der Waals surface area (Å²) in [6, 6.07) is 3.35. The van der Waals surface area contributed by atoms with Crippen LogP contribution in [0.4, 0.5) is 5.69 Å². The standard InChI is InChI=1S/C10H7BrN4O/c11-8-3-7(4-12-5-8)10(16)15-9-1-2-13-14-6-9/h1-6H,(H,13,15,16). The van der Waals surface area contributed by atoms with Crippen molar-refractivity contribution in [3.05, 3.63) is 47.0 Å². The number of anilines is 1. The van der Waals surface area contributed by atoms with Gasteiger partial charge in [-0.05, 0) is 28.1 Å². The van der Waals surface area contributed by atoms with Crippen LogP contribution >= 0.6 is 15.9 Å². The minimum atomic E-state index is -0.234. The molecule has 16 heavy (non-hydrogen) atoms. The molecule has 2 rings (SSSR count). The van der Waals surface area contributed by atoms with Crippen molar-refractivity contribution in [1.82, 2.24) is 15.2 Å². The van der Waals surface area contributed by atoms with E-state index in [0.717, 1.165) is 4.47 Å². The van der Waals surface area contributed by atoms with Gasteiger partial charge in [0, 0.05) is 16.9 Å². The quantitative estimate of drug-likeness (QED) is 0.911. The number of hydrogen-bond acceptors (Lipinski definition) is 4. The highest BCUT2D eigenvalue weighted by molar-refractivity contribution is 9.10. The second kappa shape index (κ2) is 4.80. The van der Waals surface area contributed by atoms with Crippen molar-refractivity contribution >= 4 is 27.5 Å². The molecule has 1 amide bonds. The second-order valence-electron chi connectivity index (χ2n) is 2.98. The Balaban J connectivity index is 2.15. The van der Waals surface area contributed by atoms with E-state index in [1.807, 2.05) is 0 Å². The summed E-state index contributed by atoms with van der Waals surface area (Å²) < 4.78 is 0.757. The molecule has 5 nitrogen and oxygen atoms in total. The highest BCUT2D eigenvalue weighted by Crippen LogP contribution is 2.11. The highest BCUT2D eigenvalue weighted by atomic mass is 79.9. The molecule has 0 aliphatic heterocycles. The fraction of sp³-hybridized carbons (Fsp3) is 0. The third-order valence-electron chi connectivity index (χ3n) is 1.81. The third kappa shape index (κ3) is 2.60. The van der Waals surface area contributed by atoms with Crippen LogP contribution in [0.2, 0.25) is 0 Å². The van der Waals surface area contributed by atoms with Crippen molar-refractivity contribution in [2.45, 2.75) is 0 Å². The van der Waals surface area contributed by atoms with Crippen molar-refractivity contribution in [2.75, 3.05) is 5.32 Å². The number of nitrogens with zero attached hydrogens (tertiary/aromatic N) is 3. The molecule has 2 aromatic heterocycles. The van der Waals surface area contributed by atoms with E-state index in [0.29, 0.717) is 11.3 Å². The van der Waals surface area contributed by atoms with Gasteiger partial charge in [-0.1, -0.05) is 0 Å². The molecule has 2 heterocycles. The number of hydrogen-bond donors (Lipinski definition) is 1. The first-order valence-corrected chi connectivity index (χ1v) is 5.23. The summed E-state index contributed by atoms with van der Waals surface area (Å²) in [7, 11) is 0. The Hall–Kier alpha value is -1.82. The molecule has 6 heteroatoms. The number of aromatic nitrogens is 3. The first kappa shape index (κ1) is 10.7. The van der Waals surface area contributed by atoms with E-state index in [4.69, 9.17) is 0 Å². The van der Waals surface area contributed by atoms with Gasteiger partial charge in [0.25, 0.3) is 5.91 Å². The van der Waals surface area contributed by atoms with Gasteiger partial charge in [-0.15, -0.1) is 0 Å². The molecule has 0 radical (unpaired) electrons. The molecular weight excluding hydrogens is 272 g/mol. The fourth-order valence-electron chi connectivity index (χ4n) is 1.10. The van der Waals surface area contributed by atoms with Gasteiger partial charge in [-0.2, -0.15) is 10.2 Å². The highest BCUT2D eigenvalue weighted by Gasteiger charge is 2.06. The van der Waals surface area contributed by atoms with Crippen LogP contribution in [0.1, 0.15) is 10.4 Å². The van der Waals surface area contributed by atoms with Crippen LogP contribution in [0.3, 0.4) is 0 Å². The number of rotatable bonds is 2. The van der Waals surface area contributed by atoms with Crippen molar-refractivity contribution in [3.8, 4) is 0 Å². The van der Waals surface area contributed by atoms with Crippen LogP contribution in [-0.4, -0.2) is 21.1 Å². The van der Waals surface area contributed by atoms with Gasteiger partial charge in [0.1, 0.15) is 0 Å². The Labute approximate surface area is 100 Å². The number of nitrogens with one attached hydrogen (secondary N) is 1. The molecule has 0 aliphatic carbocycles. The second-order valence-corrected chi connectivity index (χ2v) is 3.89. The average Bonchev–Trinajstić information content (AvgIpc) is 2.30. The van der Waals surface area contributed by atoms with E-state index in [1.54, 1.807) is 18.3 Å². The largest absolute Gasteiger partial charge is 0.320 e. The third-order valence-corrected chi connectivity index (χ3v) is 2.24. The molecule has 0 aromatic carbocycles. The van der Waals surface area contributed by atoms with Gasteiger partial charge in [0.15, 0.2) is 0 Å². The molecule has 0 unspecified atom stereocenters. The zero-order chi connectivity index (χ0) is 11.4. The molecule has 2 aromatic rings. The number of pyridine rings is 1. The monoisotopic (exact) mass is 278 g/mol. The molecule has 0 aliphatic rings. The van der Waals surface area contributed by atoms with Crippen molar-refractivity contribution in [3.63, 3.8) is 0 Å². The lowest BCUT2D eigenvalue weighted by Crippen LogP contribution is -2.12. The maximum absolute atomic E-state index is 11.7. The molecule has 0 atom stereocenters. The predicted octanol–water partition coefficient (Wildman–Crippen LogP) is 1.89. The van der Waals surface area contributed by atoms with Crippen LogP contribution < -0.4 is 5.32 Å². The number of halogens is 1. The van der Waals surface area contributed by atoms with E-state index in [2.05, 4.69) is 36.4 Å². The summed E-state index contributed by atoms with van der Waals surface area (Å²) in [5.41, 5.74) is 1.08. The minimum absolute atomic E-state index is 0.234. The van der Waals surface area contributed by atoms with Gasteiger partial charge in [0.2, 0.25) is 0 Å². The smallest absolute Gasteiger partial charge is 0.257 e. The van der Waals surface area contributed by atoms with Crippen molar-refractivity contribution in [2.24, 2.45) is 0 Å². The zero-order valence-electron chi connectivity index (χ0n) is 8.09. The fourth-order valence-corrected chi connectivity index (χ4v) is 1.47. The van der Waals surface area contributed by atoms with Crippen LogP contribution in [-0.2, 0) is 0 Å². The normalized spacial score (nSPS) is 9.81. The molecule has 0 saturated heterocycles. The molecule has 0 fully saturated rings. The van der Waals surface area contributed by atoms with Gasteiger partial charge < -0.3 is 5.32 Å².